The SMILES string of the molecule is CC(C)OC(=O)C=C(C#N)c1ccc(C(=O)O)cc1. The van der Waals surface area contributed by atoms with E-state index >= 15 is 0 Å². The van der Waals surface area contributed by atoms with E-state index in [2.05, 4.69) is 0 Å². The van der Waals surface area contributed by atoms with Crippen LogP contribution in [0.15, 0.2) is 30.3 Å². The normalized spacial score (nSPS) is 10.9. The van der Waals surface area contributed by atoms with Crippen LogP contribution >= 0.6 is 0 Å². The van der Waals surface area contributed by atoms with E-state index in [1.54, 1.807) is 13.8 Å². The van der Waals surface area contributed by atoms with Gasteiger partial charge in [-0.1, -0.05) is 12.1 Å². The van der Waals surface area contributed by atoms with E-state index in [1.807, 2.05) is 6.07 Å². The minimum absolute atomic E-state index is 0.116. The molecule has 0 aliphatic rings. The first kappa shape index (κ1) is 14.5. The van der Waals surface area contributed by atoms with Crippen molar-refractivity contribution in [1.29, 1.82) is 5.26 Å². The third-order valence-electron chi connectivity index (χ3n) is 2.18. The first-order valence-corrected chi connectivity index (χ1v) is 5.60. The van der Waals surface area contributed by atoms with Gasteiger partial charge in [0.1, 0.15) is 6.07 Å². The lowest BCUT2D eigenvalue weighted by Crippen LogP contribution is -2.09. The average Bonchev–Trinajstić information content (AvgIpc) is 2.35. The van der Waals surface area contributed by atoms with Gasteiger partial charge < -0.3 is 9.84 Å². The number of carboxylic acid groups (broad SMARTS) is 1. The summed E-state index contributed by atoms with van der Waals surface area (Å²) < 4.78 is 4.91. The number of ether oxygens (including phenoxy) is 1. The van der Waals surface area contributed by atoms with E-state index in [0.717, 1.165) is 6.08 Å². The Kier molecular flexibility index (Phi) is 4.84. The summed E-state index contributed by atoms with van der Waals surface area (Å²) in [4.78, 5) is 22.1. The number of esters is 1. The summed E-state index contributed by atoms with van der Waals surface area (Å²) in [5.74, 6) is -1.65. The highest BCUT2D eigenvalue weighted by Crippen LogP contribution is 2.15. The number of allylic oxidation sites excluding steroid dienone is 1. The molecule has 19 heavy (non-hydrogen) atoms. The second-order valence-electron chi connectivity index (χ2n) is 4.04. The van der Waals surface area contributed by atoms with Crippen LogP contribution in [-0.4, -0.2) is 23.1 Å². The highest BCUT2D eigenvalue weighted by atomic mass is 16.5. The maximum Gasteiger partial charge on any atom is 0.335 e. The zero-order valence-electron chi connectivity index (χ0n) is 10.6. The topological polar surface area (TPSA) is 87.4 Å². The van der Waals surface area contributed by atoms with Crippen LogP contribution in [0.4, 0.5) is 0 Å². The van der Waals surface area contributed by atoms with Crippen LogP contribution < -0.4 is 0 Å². The van der Waals surface area contributed by atoms with Gasteiger partial charge in [0.2, 0.25) is 0 Å². The summed E-state index contributed by atoms with van der Waals surface area (Å²) in [5, 5.41) is 17.8. The van der Waals surface area contributed by atoms with Crippen molar-refractivity contribution in [2.45, 2.75) is 20.0 Å². The Hall–Kier alpha value is -2.61. The van der Waals surface area contributed by atoms with Crippen molar-refractivity contribution in [3.05, 3.63) is 41.5 Å². The molecule has 1 aromatic rings. The van der Waals surface area contributed by atoms with Crippen LogP contribution in [0.5, 0.6) is 0 Å². The number of carbonyl (C=O) groups is 2. The minimum Gasteiger partial charge on any atom is -0.478 e. The molecule has 0 aromatic heterocycles. The molecule has 0 heterocycles. The van der Waals surface area contributed by atoms with Gasteiger partial charge >= 0.3 is 11.9 Å². The fourth-order valence-corrected chi connectivity index (χ4v) is 1.36. The monoisotopic (exact) mass is 259 g/mol. The van der Waals surface area contributed by atoms with Gasteiger partial charge in [-0.25, -0.2) is 9.59 Å². The summed E-state index contributed by atoms with van der Waals surface area (Å²) in [6, 6.07) is 7.57. The smallest absolute Gasteiger partial charge is 0.335 e. The highest BCUT2D eigenvalue weighted by molar-refractivity contribution is 5.96. The van der Waals surface area contributed by atoms with Gasteiger partial charge in [-0.05, 0) is 31.5 Å². The van der Waals surface area contributed by atoms with E-state index in [0.29, 0.717) is 5.56 Å². The Bertz CT molecular complexity index is 550. The summed E-state index contributed by atoms with van der Waals surface area (Å²) >= 11 is 0. The van der Waals surface area contributed by atoms with E-state index in [9.17, 15) is 9.59 Å². The number of benzene rings is 1. The number of aromatic carboxylic acids is 1. The molecule has 98 valence electrons. The molecule has 0 aliphatic carbocycles. The van der Waals surface area contributed by atoms with Gasteiger partial charge in [-0.2, -0.15) is 5.26 Å². The van der Waals surface area contributed by atoms with E-state index in [-0.39, 0.29) is 17.2 Å². The fourth-order valence-electron chi connectivity index (χ4n) is 1.36. The maximum absolute atomic E-state index is 11.4. The van der Waals surface area contributed by atoms with Gasteiger partial charge in [0.05, 0.1) is 17.2 Å². The van der Waals surface area contributed by atoms with Crippen LogP contribution in [0.1, 0.15) is 29.8 Å². The lowest BCUT2D eigenvalue weighted by Gasteiger charge is -2.05. The van der Waals surface area contributed by atoms with E-state index in [1.165, 1.54) is 24.3 Å². The lowest BCUT2D eigenvalue weighted by molar-refractivity contribution is -0.141. The Morgan fingerprint density at radius 2 is 1.79 bits per heavy atom. The van der Waals surface area contributed by atoms with Crippen molar-refractivity contribution < 1.29 is 19.4 Å². The van der Waals surface area contributed by atoms with Crippen molar-refractivity contribution >= 4 is 17.5 Å². The van der Waals surface area contributed by atoms with Crippen molar-refractivity contribution in [3.63, 3.8) is 0 Å². The summed E-state index contributed by atoms with van der Waals surface area (Å²) in [7, 11) is 0. The molecular weight excluding hydrogens is 246 g/mol. The number of carbonyl (C=O) groups excluding carboxylic acids is 1. The number of hydrogen-bond acceptors (Lipinski definition) is 4. The predicted octanol–water partition coefficient (Wildman–Crippen LogP) is 2.24. The molecule has 0 saturated heterocycles. The second kappa shape index (κ2) is 6.36. The van der Waals surface area contributed by atoms with Crippen molar-refractivity contribution in [3.8, 4) is 6.07 Å². The van der Waals surface area contributed by atoms with E-state index < -0.39 is 11.9 Å². The number of rotatable bonds is 4. The quantitative estimate of drug-likeness (QED) is 0.509. The molecule has 0 radical (unpaired) electrons. The fraction of sp³-hybridized carbons (Fsp3) is 0.214. The van der Waals surface area contributed by atoms with Crippen molar-refractivity contribution in [1.82, 2.24) is 0 Å². The Labute approximate surface area is 110 Å². The van der Waals surface area contributed by atoms with Gasteiger partial charge in [-0.15, -0.1) is 0 Å². The van der Waals surface area contributed by atoms with Crippen LogP contribution in [0.3, 0.4) is 0 Å². The summed E-state index contributed by atoms with van der Waals surface area (Å²) in [6.07, 6.45) is 0.827. The number of nitriles is 1. The Morgan fingerprint density at radius 3 is 2.21 bits per heavy atom. The van der Waals surface area contributed by atoms with Crippen molar-refractivity contribution in [2.24, 2.45) is 0 Å². The lowest BCUT2D eigenvalue weighted by atomic mass is 10.0. The average molecular weight is 259 g/mol. The van der Waals surface area contributed by atoms with Crippen LogP contribution in [0.25, 0.3) is 5.57 Å². The molecule has 0 spiro atoms. The predicted molar refractivity (Wildman–Crippen MR) is 68.2 cm³/mol. The molecule has 5 heteroatoms. The van der Waals surface area contributed by atoms with E-state index in [4.69, 9.17) is 15.1 Å². The highest BCUT2D eigenvalue weighted by Gasteiger charge is 2.08. The number of nitrogens with zero attached hydrogens (tertiary/aromatic N) is 1. The first-order chi connectivity index (χ1) is 8.93. The van der Waals surface area contributed by atoms with Gasteiger partial charge in [0.15, 0.2) is 0 Å². The van der Waals surface area contributed by atoms with Crippen molar-refractivity contribution in [2.75, 3.05) is 0 Å². The van der Waals surface area contributed by atoms with Gasteiger partial charge in [0.25, 0.3) is 0 Å². The molecule has 0 amide bonds. The molecule has 0 atom stereocenters. The molecule has 0 saturated carbocycles. The van der Waals surface area contributed by atoms with Gasteiger partial charge in [-0.3, -0.25) is 0 Å². The molecule has 0 unspecified atom stereocenters. The third kappa shape index (κ3) is 4.28. The zero-order chi connectivity index (χ0) is 14.4. The first-order valence-electron chi connectivity index (χ1n) is 5.60. The summed E-state index contributed by atoms with van der Waals surface area (Å²) in [5.41, 5.74) is 0.710. The van der Waals surface area contributed by atoms with Crippen LogP contribution in [-0.2, 0) is 9.53 Å². The maximum atomic E-state index is 11.4. The molecule has 0 fully saturated rings. The molecule has 0 aliphatic heterocycles. The van der Waals surface area contributed by atoms with Gasteiger partial charge in [0, 0.05) is 6.08 Å². The third-order valence-corrected chi connectivity index (χ3v) is 2.18. The second-order valence-corrected chi connectivity index (χ2v) is 4.04. The summed E-state index contributed by atoms with van der Waals surface area (Å²) in [6.45, 7) is 3.42. The molecule has 1 N–H and O–H groups in total. The standard InChI is InChI=1S/C14H13NO4/c1-9(2)19-13(16)7-12(8-15)10-3-5-11(6-4-10)14(17)18/h3-7,9H,1-2H3,(H,17,18). The molecule has 1 rings (SSSR count). The number of carboxylic acids is 1. The number of hydrogen-bond donors (Lipinski definition) is 1. The molecular formula is C14H13NO4. The zero-order valence-corrected chi connectivity index (χ0v) is 10.6. The Balaban J connectivity index is 2.98. The largest absolute Gasteiger partial charge is 0.478 e. The van der Waals surface area contributed by atoms with Crippen LogP contribution in [0, 0.1) is 11.3 Å². The minimum atomic E-state index is -1.05. The van der Waals surface area contributed by atoms with Crippen LogP contribution in [0.2, 0.25) is 0 Å². The molecule has 0 bridgehead atoms. The molecule has 5 nitrogen and oxygen atoms in total. The molecule has 1 aromatic carbocycles. The Morgan fingerprint density at radius 1 is 1.26 bits per heavy atom.